The number of carbonyl (C=O) groups excluding carboxylic acids is 2. The lowest BCUT2D eigenvalue weighted by molar-refractivity contribution is -0.131. The molecule has 3 aromatic rings. The van der Waals surface area contributed by atoms with Crippen LogP contribution in [0.15, 0.2) is 59.4 Å². The number of urea groups is 1. The molecule has 1 aromatic heterocycles. The van der Waals surface area contributed by atoms with Crippen molar-refractivity contribution in [1.82, 2.24) is 20.2 Å². The zero-order valence-corrected chi connectivity index (χ0v) is 16.1. The van der Waals surface area contributed by atoms with Crippen LogP contribution >= 0.6 is 0 Å². The fraction of sp³-hybridized carbons (Fsp3) is 0.238. The van der Waals surface area contributed by atoms with Gasteiger partial charge < -0.3 is 20.5 Å². The van der Waals surface area contributed by atoms with Crippen LogP contribution in [0.5, 0.6) is 0 Å². The molecule has 0 spiro atoms. The number of aromatic nitrogens is 2. The van der Waals surface area contributed by atoms with Gasteiger partial charge in [-0.1, -0.05) is 30.3 Å². The van der Waals surface area contributed by atoms with E-state index in [-0.39, 0.29) is 37.0 Å². The molecule has 0 aliphatic carbocycles. The Morgan fingerprint density at radius 2 is 1.79 bits per heavy atom. The lowest BCUT2D eigenvalue weighted by Crippen LogP contribution is -2.36. The highest BCUT2D eigenvalue weighted by molar-refractivity contribution is 5.89. The van der Waals surface area contributed by atoms with Gasteiger partial charge in [0.05, 0.1) is 17.4 Å². The van der Waals surface area contributed by atoms with Gasteiger partial charge in [0.2, 0.25) is 5.91 Å². The maximum atomic E-state index is 12.5. The van der Waals surface area contributed by atoms with E-state index in [1.54, 1.807) is 35.2 Å². The van der Waals surface area contributed by atoms with E-state index in [2.05, 4.69) is 20.6 Å². The van der Waals surface area contributed by atoms with Crippen LogP contribution in [-0.4, -0.2) is 39.9 Å². The summed E-state index contributed by atoms with van der Waals surface area (Å²) in [5.41, 5.74) is 1.04. The van der Waals surface area contributed by atoms with Gasteiger partial charge in [0.15, 0.2) is 0 Å². The van der Waals surface area contributed by atoms with E-state index in [4.69, 9.17) is 0 Å². The third-order valence-corrected chi connectivity index (χ3v) is 4.39. The molecule has 0 aliphatic rings. The Balaban J connectivity index is 1.54. The van der Waals surface area contributed by atoms with Crippen LogP contribution in [0.4, 0.5) is 10.5 Å². The largest absolute Gasteiger partial charge is 0.337 e. The van der Waals surface area contributed by atoms with Crippen LogP contribution in [0.2, 0.25) is 0 Å². The number of amides is 3. The molecule has 8 nitrogen and oxygen atoms in total. The first-order chi connectivity index (χ1) is 14.1. The molecule has 0 saturated carbocycles. The second-order valence-corrected chi connectivity index (χ2v) is 6.43. The van der Waals surface area contributed by atoms with E-state index >= 15 is 0 Å². The molecule has 0 unspecified atom stereocenters. The minimum absolute atomic E-state index is 0.136. The third-order valence-electron chi connectivity index (χ3n) is 4.39. The van der Waals surface area contributed by atoms with E-state index < -0.39 is 0 Å². The van der Waals surface area contributed by atoms with Crippen molar-refractivity contribution in [3.8, 4) is 0 Å². The Hall–Kier alpha value is -3.68. The summed E-state index contributed by atoms with van der Waals surface area (Å²) in [6, 6.07) is 15.8. The Morgan fingerprint density at radius 1 is 1.07 bits per heavy atom. The van der Waals surface area contributed by atoms with Gasteiger partial charge in [-0.15, -0.1) is 0 Å². The fourth-order valence-corrected chi connectivity index (χ4v) is 2.90. The first kappa shape index (κ1) is 20.1. The zero-order valence-electron chi connectivity index (χ0n) is 16.1. The Labute approximate surface area is 168 Å². The number of anilines is 1. The molecular formula is C21H23N5O3. The van der Waals surface area contributed by atoms with Crippen molar-refractivity contribution < 1.29 is 9.59 Å². The summed E-state index contributed by atoms with van der Waals surface area (Å²) in [6.45, 7) is 2.72. The molecule has 3 N–H and O–H groups in total. The minimum Gasteiger partial charge on any atom is -0.337 e. The SMILES string of the molecule is CCN(Cc1nc2ccccc2c(=O)[nH]1)C(=O)CCNC(=O)Nc1ccccc1. The number of benzene rings is 2. The predicted molar refractivity (Wildman–Crippen MR) is 112 cm³/mol. The van der Waals surface area contributed by atoms with Crippen LogP contribution in [0, 0.1) is 0 Å². The van der Waals surface area contributed by atoms with Gasteiger partial charge in [0.25, 0.3) is 5.56 Å². The fourth-order valence-electron chi connectivity index (χ4n) is 2.90. The molecule has 29 heavy (non-hydrogen) atoms. The predicted octanol–water partition coefficient (Wildman–Crippen LogP) is 2.48. The summed E-state index contributed by atoms with van der Waals surface area (Å²) >= 11 is 0. The zero-order chi connectivity index (χ0) is 20.6. The normalized spacial score (nSPS) is 10.5. The van der Waals surface area contributed by atoms with Crippen molar-refractivity contribution in [2.75, 3.05) is 18.4 Å². The number of nitrogens with zero attached hydrogens (tertiary/aromatic N) is 2. The average molecular weight is 393 g/mol. The van der Waals surface area contributed by atoms with Crippen LogP contribution in [0.3, 0.4) is 0 Å². The lowest BCUT2D eigenvalue weighted by Gasteiger charge is -2.20. The number of para-hydroxylation sites is 2. The molecular weight excluding hydrogens is 370 g/mol. The van der Waals surface area contributed by atoms with Crippen LogP contribution in [0.25, 0.3) is 10.9 Å². The van der Waals surface area contributed by atoms with E-state index in [1.807, 2.05) is 31.2 Å². The number of fused-ring (bicyclic) bond motifs is 1. The van der Waals surface area contributed by atoms with Crippen LogP contribution in [-0.2, 0) is 11.3 Å². The van der Waals surface area contributed by atoms with Crippen molar-refractivity contribution in [1.29, 1.82) is 0 Å². The first-order valence-electron chi connectivity index (χ1n) is 9.42. The average Bonchev–Trinajstić information content (AvgIpc) is 2.72. The highest BCUT2D eigenvalue weighted by Crippen LogP contribution is 2.08. The third kappa shape index (κ3) is 5.41. The minimum atomic E-state index is -0.368. The topological polar surface area (TPSA) is 107 Å². The number of H-pyrrole nitrogens is 1. The number of rotatable bonds is 7. The van der Waals surface area contributed by atoms with Gasteiger partial charge >= 0.3 is 6.03 Å². The molecule has 0 aliphatic heterocycles. The molecule has 3 amide bonds. The molecule has 0 bridgehead atoms. The van der Waals surface area contributed by atoms with Gasteiger partial charge in [-0.25, -0.2) is 9.78 Å². The summed E-state index contributed by atoms with van der Waals surface area (Å²) in [7, 11) is 0. The summed E-state index contributed by atoms with van der Waals surface area (Å²) in [6.07, 6.45) is 0.147. The van der Waals surface area contributed by atoms with E-state index in [1.165, 1.54) is 0 Å². The second-order valence-electron chi connectivity index (χ2n) is 6.43. The maximum Gasteiger partial charge on any atom is 0.319 e. The van der Waals surface area contributed by atoms with Gasteiger partial charge in [-0.3, -0.25) is 9.59 Å². The van der Waals surface area contributed by atoms with Crippen LogP contribution in [0.1, 0.15) is 19.2 Å². The molecule has 3 rings (SSSR count). The summed E-state index contributed by atoms with van der Waals surface area (Å²) in [4.78, 5) is 45.3. The van der Waals surface area contributed by atoms with Crippen molar-refractivity contribution in [2.24, 2.45) is 0 Å². The number of hydrogen-bond donors (Lipinski definition) is 3. The van der Waals surface area contributed by atoms with Crippen molar-refractivity contribution in [2.45, 2.75) is 19.9 Å². The Bertz CT molecular complexity index is 1050. The quantitative estimate of drug-likeness (QED) is 0.573. The number of carbonyl (C=O) groups is 2. The van der Waals surface area contributed by atoms with E-state index in [0.717, 1.165) is 0 Å². The monoisotopic (exact) mass is 393 g/mol. The van der Waals surface area contributed by atoms with Gasteiger partial charge in [-0.2, -0.15) is 0 Å². The van der Waals surface area contributed by atoms with Gasteiger partial charge in [-0.05, 0) is 31.2 Å². The van der Waals surface area contributed by atoms with Crippen LogP contribution < -0.4 is 16.2 Å². The highest BCUT2D eigenvalue weighted by atomic mass is 16.2. The standard InChI is InChI=1S/C21H23N5O3/c1-2-26(14-18-24-17-11-7-6-10-16(17)20(28)25-18)19(27)12-13-22-21(29)23-15-8-4-3-5-9-15/h3-11H,2,12-14H2,1H3,(H2,22,23,29)(H,24,25,28). The van der Waals surface area contributed by atoms with E-state index in [0.29, 0.717) is 29.0 Å². The van der Waals surface area contributed by atoms with Gasteiger partial charge in [0.1, 0.15) is 5.82 Å². The molecule has 150 valence electrons. The first-order valence-corrected chi connectivity index (χ1v) is 9.42. The molecule has 8 heteroatoms. The second kappa shape index (κ2) is 9.50. The Morgan fingerprint density at radius 3 is 2.55 bits per heavy atom. The molecule has 0 saturated heterocycles. The number of nitrogens with one attached hydrogen (secondary N) is 3. The summed E-state index contributed by atoms with van der Waals surface area (Å²) in [5.74, 6) is 0.294. The van der Waals surface area contributed by atoms with Crippen molar-refractivity contribution in [3.05, 3.63) is 70.8 Å². The van der Waals surface area contributed by atoms with Crippen molar-refractivity contribution in [3.63, 3.8) is 0 Å². The highest BCUT2D eigenvalue weighted by Gasteiger charge is 2.14. The molecule has 0 radical (unpaired) electrons. The molecule has 2 aromatic carbocycles. The lowest BCUT2D eigenvalue weighted by atomic mass is 10.2. The maximum absolute atomic E-state index is 12.5. The van der Waals surface area contributed by atoms with E-state index in [9.17, 15) is 14.4 Å². The summed E-state index contributed by atoms with van der Waals surface area (Å²) < 4.78 is 0. The smallest absolute Gasteiger partial charge is 0.319 e. The molecule has 0 fully saturated rings. The molecule has 0 atom stereocenters. The molecule has 1 heterocycles. The van der Waals surface area contributed by atoms with Gasteiger partial charge in [0, 0.05) is 25.2 Å². The number of hydrogen-bond acceptors (Lipinski definition) is 4. The van der Waals surface area contributed by atoms with Crippen molar-refractivity contribution >= 4 is 28.5 Å². The summed E-state index contributed by atoms with van der Waals surface area (Å²) in [5, 5.41) is 5.88. The Kier molecular flexibility index (Phi) is 6.57. The number of aromatic amines is 1.